The predicted molar refractivity (Wildman–Crippen MR) is 85.9 cm³/mol. The van der Waals surface area contributed by atoms with Crippen molar-refractivity contribution in [1.82, 2.24) is 5.43 Å². The normalized spacial score (nSPS) is 21.3. The Bertz CT molecular complexity index is 642. The minimum Gasteiger partial charge on any atom is -0.392 e. The number of aliphatic hydroxyl groups is 1. The summed E-state index contributed by atoms with van der Waals surface area (Å²) in [4.78, 5) is 12.5. The number of morpholine rings is 1. The lowest BCUT2D eigenvalue weighted by molar-refractivity contribution is -0.118. The molecular weight excluding hydrogens is 320 g/mol. The highest BCUT2D eigenvalue weighted by Crippen LogP contribution is 2.31. The summed E-state index contributed by atoms with van der Waals surface area (Å²) in [5.41, 5.74) is 2.26. The van der Waals surface area contributed by atoms with Crippen molar-refractivity contribution in [3.63, 3.8) is 0 Å². The number of halogens is 2. The number of hydrazone groups is 1. The zero-order valence-electron chi connectivity index (χ0n) is 13.8. The van der Waals surface area contributed by atoms with Crippen molar-refractivity contribution in [2.24, 2.45) is 5.10 Å². The van der Waals surface area contributed by atoms with Crippen molar-refractivity contribution >= 4 is 17.8 Å². The third-order valence-electron chi connectivity index (χ3n) is 3.62. The molecule has 0 unspecified atom stereocenters. The molecule has 2 N–H and O–H groups in total. The van der Waals surface area contributed by atoms with Gasteiger partial charge < -0.3 is 14.7 Å². The predicted octanol–water partition coefficient (Wildman–Crippen LogP) is 1.54. The molecular formula is C16H21F2N3O3. The number of nitrogens with zero attached hydrogens (tertiary/aromatic N) is 2. The Labute approximate surface area is 139 Å². The number of hydrogen-bond donors (Lipinski definition) is 2. The van der Waals surface area contributed by atoms with E-state index in [4.69, 9.17) is 4.74 Å². The molecule has 1 aliphatic rings. The highest BCUT2D eigenvalue weighted by Gasteiger charge is 2.28. The van der Waals surface area contributed by atoms with Gasteiger partial charge in [0.15, 0.2) is 11.6 Å². The Balaban J connectivity index is 2.40. The lowest BCUT2D eigenvalue weighted by Gasteiger charge is -2.38. The maximum Gasteiger partial charge on any atom is 0.236 e. The van der Waals surface area contributed by atoms with Crippen molar-refractivity contribution in [2.45, 2.75) is 39.6 Å². The second kappa shape index (κ2) is 7.67. The van der Waals surface area contributed by atoms with Gasteiger partial charge in [-0.2, -0.15) is 5.10 Å². The molecule has 0 saturated carbocycles. The first-order chi connectivity index (χ1) is 11.3. The minimum absolute atomic E-state index is 0.0358. The van der Waals surface area contributed by atoms with E-state index in [2.05, 4.69) is 10.5 Å². The molecule has 1 aromatic carbocycles. The number of anilines is 1. The summed E-state index contributed by atoms with van der Waals surface area (Å²) >= 11 is 0. The van der Waals surface area contributed by atoms with E-state index < -0.39 is 24.1 Å². The SMILES string of the molecule is CC(=O)N/N=C/c1cc(CO)c(N2C[C@@H](C)O[C@@H](C)C2)c(F)c1F. The average molecular weight is 341 g/mol. The minimum atomic E-state index is -1.08. The molecule has 1 heterocycles. The van der Waals surface area contributed by atoms with Crippen LogP contribution in [0, 0.1) is 11.6 Å². The van der Waals surface area contributed by atoms with Gasteiger partial charge in [-0.1, -0.05) is 0 Å². The van der Waals surface area contributed by atoms with Crippen LogP contribution in [0.3, 0.4) is 0 Å². The molecule has 0 bridgehead atoms. The lowest BCUT2D eigenvalue weighted by atomic mass is 10.1. The number of rotatable bonds is 4. The quantitative estimate of drug-likeness (QED) is 0.644. The first-order valence-electron chi connectivity index (χ1n) is 7.65. The van der Waals surface area contributed by atoms with E-state index in [1.165, 1.54) is 13.0 Å². The first kappa shape index (κ1) is 18.3. The van der Waals surface area contributed by atoms with E-state index in [9.17, 15) is 18.7 Å². The third kappa shape index (κ3) is 4.07. The molecule has 0 aromatic heterocycles. The largest absolute Gasteiger partial charge is 0.392 e. The van der Waals surface area contributed by atoms with Gasteiger partial charge in [0.25, 0.3) is 0 Å². The molecule has 0 spiro atoms. The molecule has 0 radical (unpaired) electrons. The Morgan fingerprint density at radius 2 is 2.04 bits per heavy atom. The third-order valence-corrected chi connectivity index (χ3v) is 3.62. The summed E-state index contributed by atoms with van der Waals surface area (Å²) in [7, 11) is 0. The zero-order valence-corrected chi connectivity index (χ0v) is 13.8. The fraction of sp³-hybridized carbons (Fsp3) is 0.500. The molecule has 132 valence electrons. The number of aliphatic hydroxyl groups excluding tert-OH is 1. The Hall–Kier alpha value is -2.06. The van der Waals surface area contributed by atoms with Crippen LogP contribution in [-0.4, -0.2) is 42.5 Å². The van der Waals surface area contributed by atoms with Crippen LogP contribution in [0.15, 0.2) is 11.2 Å². The Morgan fingerprint density at radius 1 is 1.42 bits per heavy atom. The highest BCUT2D eigenvalue weighted by atomic mass is 19.2. The maximum absolute atomic E-state index is 14.6. The van der Waals surface area contributed by atoms with Crippen molar-refractivity contribution in [2.75, 3.05) is 18.0 Å². The standard InChI is InChI=1S/C16H21F2N3O3/c1-9-6-21(7-10(2)24-9)16-13(8-22)4-12(14(17)15(16)18)5-19-20-11(3)23/h4-5,9-10,22H,6-8H2,1-3H3,(H,20,23)/b19-5+/t9-,10+. The van der Waals surface area contributed by atoms with Crippen molar-refractivity contribution in [1.29, 1.82) is 0 Å². The van der Waals surface area contributed by atoms with Gasteiger partial charge in [0, 0.05) is 31.1 Å². The molecule has 6 nitrogen and oxygen atoms in total. The second-order valence-electron chi connectivity index (χ2n) is 5.85. The van der Waals surface area contributed by atoms with Crippen LogP contribution >= 0.6 is 0 Å². The number of carbonyl (C=O) groups excluding carboxylic acids is 1. The van der Waals surface area contributed by atoms with Gasteiger partial charge in [0.05, 0.1) is 30.7 Å². The monoisotopic (exact) mass is 341 g/mol. The fourth-order valence-corrected chi connectivity index (χ4v) is 2.80. The molecule has 1 saturated heterocycles. The van der Waals surface area contributed by atoms with Gasteiger partial charge in [0.1, 0.15) is 0 Å². The van der Waals surface area contributed by atoms with Crippen molar-refractivity contribution in [3.8, 4) is 0 Å². The number of ether oxygens (including phenoxy) is 1. The number of amides is 1. The summed E-state index contributed by atoms with van der Waals surface area (Å²) < 4.78 is 34.5. The molecule has 1 amide bonds. The van der Waals surface area contributed by atoms with Crippen LogP contribution in [0.5, 0.6) is 0 Å². The molecule has 2 rings (SSSR count). The highest BCUT2D eigenvalue weighted by molar-refractivity contribution is 5.83. The molecule has 24 heavy (non-hydrogen) atoms. The van der Waals surface area contributed by atoms with E-state index >= 15 is 0 Å². The molecule has 0 aliphatic carbocycles. The summed E-state index contributed by atoms with van der Waals surface area (Å²) in [5, 5.41) is 13.1. The van der Waals surface area contributed by atoms with Gasteiger partial charge in [-0.05, 0) is 19.9 Å². The topological polar surface area (TPSA) is 74.2 Å². The van der Waals surface area contributed by atoms with Gasteiger partial charge in [-0.3, -0.25) is 4.79 Å². The number of nitrogens with one attached hydrogen (secondary N) is 1. The van der Waals surface area contributed by atoms with Crippen LogP contribution in [0.25, 0.3) is 0 Å². The van der Waals surface area contributed by atoms with Crippen LogP contribution in [0.1, 0.15) is 31.9 Å². The summed E-state index contributed by atoms with van der Waals surface area (Å²) in [6, 6.07) is 1.32. The summed E-state index contributed by atoms with van der Waals surface area (Å²) in [6.45, 7) is 5.29. The molecule has 2 atom stereocenters. The Kier molecular flexibility index (Phi) is 5.84. The van der Waals surface area contributed by atoms with Gasteiger partial charge in [-0.25, -0.2) is 14.2 Å². The van der Waals surface area contributed by atoms with E-state index in [0.29, 0.717) is 13.1 Å². The van der Waals surface area contributed by atoms with E-state index in [1.54, 1.807) is 4.90 Å². The van der Waals surface area contributed by atoms with Gasteiger partial charge in [0.2, 0.25) is 5.91 Å². The van der Waals surface area contributed by atoms with E-state index in [-0.39, 0.29) is 29.0 Å². The maximum atomic E-state index is 14.6. The fourth-order valence-electron chi connectivity index (χ4n) is 2.80. The zero-order chi connectivity index (χ0) is 17.9. The number of carbonyl (C=O) groups is 1. The van der Waals surface area contributed by atoms with Crippen LogP contribution in [-0.2, 0) is 16.1 Å². The van der Waals surface area contributed by atoms with Crippen LogP contribution in [0.2, 0.25) is 0 Å². The second-order valence-corrected chi connectivity index (χ2v) is 5.85. The average Bonchev–Trinajstić information content (AvgIpc) is 2.49. The lowest BCUT2D eigenvalue weighted by Crippen LogP contribution is -2.46. The Morgan fingerprint density at radius 3 is 2.58 bits per heavy atom. The summed E-state index contributed by atoms with van der Waals surface area (Å²) in [5.74, 6) is -2.56. The van der Waals surface area contributed by atoms with Gasteiger partial charge >= 0.3 is 0 Å². The molecule has 1 fully saturated rings. The van der Waals surface area contributed by atoms with Crippen LogP contribution < -0.4 is 10.3 Å². The first-order valence-corrected chi connectivity index (χ1v) is 7.65. The van der Waals surface area contributed by atoms with E-state index in [1.807, 2.05) is 13.8 Å². The van der Waals surface area contributed by atoms with Crippen molar-refractivity contribution in [3.05, 3.63) is 28.8 Å². The molecule has 8 heteroatoms. The van der Waals surface area contributed by atoms with Crippen molar-refractivity contribution < 1.29 is 23.4 Å². The molecule has 1 aliphatic heterocycles. The number of hydrogen-bond acceptors (Lipinski definition) is 5. The molecule has 1 aromatic rings. The number of benzene rings is 1. The van der Waals surface area contributed by atoms with Crippen LogP contribution in [0.4, 0.5) is 14.5 Å². The van der Waals surface area contributed by atoms with E-state index in [0.717, 1.165) is 6.21 Å². The van der Waals surface area contributed by atoms with Gasteiger partial charge in [-0.15, -0.1) is 0 Å². The summed E-state index contributed by atoms with van der Waals surface area (Å²) in [6.07, 6.45) is 0.736. The smallest absolute Gasteiger partial charge is 0.236 e.